The summed E-state index contributed by atoms with van der Waals surface area (Å²) in [6.45, 7) is 0. The number of hydrogen-bond donors (Lipinski definition) is 2. The summed E-state index contributed by atoms with van der Waals surface area (Å²) in [5.74, 6) is -0.225. The molecule has 0 radical (unpaired) electrons. The van der Waals surface area contributed by atoms with E-state index in [4.69, 9.17) is 0 Å². The minimum atomic E-state index is -0.329. The van der Waals surface area contributed by atoms with Crippen molar-refractivity contribution in [1.29, 1.82) is 0 Å². The molecule has 2 N–H and O–H groups in total. The summed E-state index contributed by atoms with van der Waals surface area (Å²) in [7, 11) is 0. The van der Waals surface area contributed by atoms with Crippen molar-refractivity contribution in [2.24, 2.45) is 5.92 Å². The van der Waals surface area contributed by atoms with Crippen molar-refractivity contribution >= 4 is 11.8 Å². The molecule has 0 saturated carbocycles. The number of carbonyl (C=O) groups excluding carboxylic acids is 2. The van der Waals surface area contributed by atoms with Gasteiger partial charge in [-0.15, -0.1) is 0 Å². The Morgan fingerprint density at radius 3 is 2.61 bits per heavy atom. The van der Waals surface area contributed by atoms with Crippen molar-refractivity contribution in [2.75, 3.05) is 0 Å². The maximum absolute atomic E-state index is 12.3. The molecule has 1 aliphatic rings. The van der Waals surface area contributed by atoms with E-state index in [1.807, 2.05) is 41.2 Å². The Morgan fingerprint density at radius 1 is 1.09 bits per heavy atom. The van der Waals surface area contributed by atoms with E-state index < -0.39 is 0 Å². The van der Waals surface area contributed by atoms with Gasteiger partial charge in [-0.2, -0.15) is 0 Å². The van der Waals surface area contributed by atoms with Crippen molar-refractivity contribution in [1.82, 2.24) is 15.4 Å². The van der Waals surface area contributed by atoms with Gasteiger partial charge in [0.15, 0.2) is 0 Å². The van der Waals surface area contributed by atoms with Gasteiger partial charge in [-0.05, 0) is 43.0 Å². The summed E-state index contributed by atoms with van der Waals surface area (Å²) in [4.78, 5) is 24.2. The van der Waals surface area contributed by atoms with Crippen LogP contribution in [0.3, 0.4) is 0 Å². The molecule has 2 amide bonds. The lowest BCUT2D eigenvalue weighted by Gasteiger charge is -2.12. The van der Waals surface area contributed by atoms with E-state index in [0.29, 0.717) is 12.0 Å². The normalized spacial score (nSPS) is 16.3. The maximum atomic E-state index is 12.3. The highest BCUT2D eigenvalue weighted by atomic mass is 16.2. The number of allylic oxidation sites excluding steroid dienone is 2. The minimum absolute atomic E-state index is 0.173. The predicted octanol–water partition coefficient (Wildman–Crippen LogP) is 2.59. The Bertz CT molecular complexity index is 720. The van der Waals surface area contributed by atoms with Gasteiger partial charge in [-0.1, -0.05) is 24.3 Å². The molecule has 5 nitrogen and oxygen atoms in total. The number of aromatic nitrogens is 1. The molecule has 2 aromatic rings. The number of benzene rings is 1. The summed E-state index contributed by atoms with van der Waals surface area (Å²) in [5.41, 5.74) is 6.27. The molecule has 3 rings (SSSR count). The average Bonchev–Trinajstić information content (AvgIpc) is 3.26. The lowest BCUT2D eigenvalue weighted by atomic mass is 10.1. The smallest absolute Gasteiger partial charge is 0.271 e. The first-order valence-electron chi connectivity index (χ1n) is 7.72. The van der Waals surface area contributed by atoms with Crippen LogP contribution < -0.4 is 10.9 Å². The van der Waals surface area contributed by atoms with Gasteiger partial charge in [0, 0.05) is 18.8 Å². The molecule has 1 aromatic heterocycles. The number of nitrogens with zero attached hydrogens (tertiary/aromatic N) is 1. The first-order valence-corrected chi connectivity index (χ1v) is 7.72. The highest BCUT2D eigenvalue weighted by molar-refractivity contribution is 5.98. The second-order valence-corrected chi connectivity index (χ2v) is 5.58. The molecule has 1 atom stereocenters. The molecule has 1 heterocycles. The zero-order valence-electron chi connectivity index (χ0n) is 12.7. The average molecular weight is 309 g/mol. The van der Waals surface area contributed by atoms with Gasteiger partial charge in [0.2, 0.25) is 5.91 Å². The SMILES string of the molecule is O=C(C[C@@H]1C=CCC1)NNC(=O)c1ccccc1-n1cccc1. The van der Waals surface area contributed by atoms with Crippen molar-refractivity contribution in [3.63, 3.8) is 0 Å². The molecule has 0 unspecified atom stereocenters. The largest absolute Gasteiger partial charge is 0.323 e. The van der Waals surface area contributed by atoms with Gasteiger partial charge < -0.3 is 4.57 Å². The monoisotopic (exact) mass is 309 g/mol. The zero-order chi connectivity index (χ0) is 16.1. The lowest BCUT2D eigenvalue weighted by molar-refractivity contribution is -0.122. The Balaban J connectivity index is 1.62. The Morgan fingerprint density at radius 2 is 1.87 bits per heavy atom. The first-order chi connectivity index (χ1) is 11.2. The summed E-state index contributed by atoms with van der Waals surface area (Å²) in [6.07, 6.45) is 10.3. The Labute approximate surface area is 135 Å². The fourth-order valence-corrected chi connectivity index (χ4v) is 2.73. The summed E-state index contributed by atoms with van der Waals surface area (Å²) in [6, 6.07) is 11.1. The molecule has 23 heavy (non-hydrogen) atoms. The highest BCUT2D eigenvalue weighted by Gasteiger charge is 2.16. The molecular weight excluding hydrogens is 290 g/mol. The van der Waals surface area contributed by atoms with Crippen molar-refractivity contribution < 1.29 is 9.59 Å². The number of hydrogen-bond acceptors (Lipinski definition) is 2. The van der Waals surface area contributed by atoms with Gasteiger partial charge in [0.1, 0.15) is 0 Å². The second kappa shape index (κ2) is 6.96. The molecule has 0 aliphatic heterocycles. The van der Waals surface area contributed by atoms with Crippen LogP contribution in [0.2, 0.25) is 0 Å². The van der Waals surface area contributed by atoms with Crippen LogP contribution in [0.15, 0.2) is 60.9 Å². The number of para-hydroxylation sites is 1. The van der Waals surface area contributed by atoms with E-state index in [-0.39, 0.29) is 17.7 Å². The Hall–Kier alpha value is -2.82. The van der Waals surface area contributed by atoms with Crippen molar-refractivity contribution in [3.05, 3.63) is 66.5 Å². The number of rotatable bonds is 4. The van der Waals surface area contributed by atoms with Crippen LogP contribution in [0.25, 0.3) is 5.69 Å². The third kappa shape index (κ3) is 3.69. The number of nitrogens with one attached hydrogen (secondary N) is 2. The van der Waals surface area contributed by atoms with Gasteiger partial charge in [-0.25, -0.2) is 0 Å². The fourth-order valence-electron chi connectivity index (χ4n) is 2.73. The van der Waals surface area contributed by atoms with Crippen molar-refractivity contribution in [3.8, 4) is 5.69 Å². The van der Waals surface area contributed by atoms with Gasteiger partial charge in [-0.3, -0.25) is 20.4 Å². The van der Waals surface area contributed by atoms with E-state index in [1.54, 1.807) is 12.1 Å². The quantitative estimate of drug-likeness (QED) is 0.673. The molecule has 0 saturated heterocycles. The molecule has 5 heteroatoms. The van der Waals surface area contributed by atoms with E-state index in [9.17, 15) is 9.59 Å². The van der Waals surface area contributed by atoms with E-state index in [1.165, 1.54) is 0 Å². The summed E-state index contributed by atoms with van der Waals surface area (Å²) in [5, 5.41) is 0. The van der Waals surface area contributed by atoms with Crippen LogP contribution in [0, 0.1) is 5.92 Å². The standard InChI is InChI=1S/C18H19N3O2/c22-17(13-14-7-1-2-8-14)19-20-18(23)15-9-3-4-10-16(15)21-11-5-6-12-21/h1,3-7,9-12,14H,2,8,13H2,(H,19,22)(H,20,23)/t14-/m1/s1. The molecular formula is C18H19N3O2. The first kappa shape index (κ1) is 15.1. The third-order valence-corrected chi connectivity index (χ3v) is 3.91. The summed E-state index contributed by atoms with van der Waals surface area (Å²) >= 11 is 0. The van der Waals surface area contributed by atoms with Gasteiger partial charge in [0.05, 0.1) is 11.3 Å². The number of amides is 2. The molecule has 0 fully saturated rings. The maximum Gasteiger partial charge on any atom is 0.271 e. The van der Waals surface area contributed by atoms with Crippen LogP contribution in [-0.2, 0) is 4.79 Å². The fraction of sp³-hybridized carbons (Fsp3) is 0.222. The highest BCUT2D eigenvalue weighted by Crippen LogP contribution is 2.20. The summed E-state index contributed by atoms with van der Waals surface area (Å²) < 4.78 is 1.86. The van der Waals surface area contributed by atoms with Crippen LogP contribution in [-0.4, -0.2) is 16.4 Å². The molecule has 1 aliphatic carbocycles. The number of hydrazine groups is 1. The molecule has 0 bridgehead atoms. The molecule has 0 spiro atoms. The minimum Gasteiger partial charge on any atom is -0.323 e. The Kier molecular flexibility index (Phi) is 4.57. The van der Waals surface area contributed by atoms with Gasteiger partial charge in [0.25, 0.3) is 5.91 Å². The molecule has 1 aromatic carbocycles. The number of carbonyl (C=O) groups is 2. The topological polar surface area (TPSA) is 63.1 Å². The zero-order valence-corrected chi connectivity index (χ0v) is 12.7. The van der Waals surface area contributed by atoms with E-state index >= 15 is 0 Å². The van der Waals surface area contributed by atoms with Gasteiger partial charge >= 0.3 is 0 Å². The van der Waals surface area contributed by atoms with E-state index in [0.717, 1.165) is 18.5 Å². The predicted molar refractivity (Wildman–Crippen MR) is 87.9 cm³/mol. The van der Waals surface area contributed by atoms with Crippen LogP contribution >= 0.6 is 0 Å². The van der Waals surface area contributed by atoms with Crippen LogP contribution in [0.1, 0.15) is 29.6 Å². The van der Waals surface area contributed by atoms with E-state index in [2.05, 4.69) is 23.0 Å². The van der Waals surface area contributed by atoms with Crippen molar-refractivity contribution in [2.45, 2.75) is 19.3 Å². The lowest BCUT2D eigenvalue weighted by Crippen LogP contribution is -2.42. The van der Waals surface area contributed by atoms with Crippen LogP contribution in [0.4, 0.5) is 0 Å². The second-order valence-electron chi connectivity index (χ2n) is 5.58. The third-order valence-electron chi connectivity index (χ3n) is 3.91. The molecule has 118 valence electrons. The van der Waals surface area contributed by atoms with Crippen LogP contribution in [0.5, 0.6) is 0 Å².